The molecule has 4 nitrogen and oxygen atoms in total. The Kier molecular flexibility index (Phi) is 7.63. The minimum absolute atomic E-state index is 0.310. The molecule has 0 aliphatic rings. The highest BCUT2D eigenvalue weighted by Gasteiger charge is 2.16. The van der Waals surface area contributed by atoms with Crippen molar-refractivity contribution in [1.82, 2.24) is 0 Å². The predicted molar refractivity (Wildman–Crippen MR) is 111 cm³/mol. The van der Waals surface area contributed by atoms with Crippen molar-refractivity contribution in [3.05, 3.63) is 59.7 Å². The van der Waals surface area contributed by atoms with Crippen molar-refractivity contribution in [2.24, 2.45) is 0 Å². The zero-order chi connectivity index (χ0) is 19.2. The van der Waals surface area contributed by atoms with Crippen LogP contribution in [0.2, 0.25) is 0 Å². The summed E-state index contributed by atoms with van der Waals surface area (Å²) >= 11 is 0. The van der Waals surface area contributed by atoms with E-state index in [4.69, 9.17) is 0 Å². The van der Waals surface area contributed by atoms with Gasteiger partial charge in [0.25, 0.3) is 0 Å². The fraction of sp³-hybridized carbons (Fsp3) is 0.333. The number of unbranched alkanes of at least 4 members (excludes halogenated alkanes) is 1. The average molecular weight is 431 g/mol. The molecule has 0 bridgehead atoms. The van der Waals surface area contributed by atoms with E-state index >= 15 is 0 Å². The summed E-state index contributed by atoms with van der Waals surface area (Å²) in [5.74, 6) is 0.892. The van der Waals surface area contributed by atoms with E-state index in [1.54, 1.807) is 48.5 Å². The van der Waals surface area contributed by atoms with Crippen molar-refractivity contribution in [3.8, 4) is 0 Å². The largest absolute Gasteiger partial charge is 0.229 e. The Morgan fingerprint density at radius 2 is 0.923 bits per heavy atom. The molecule has 0 fully saturated rings. The van der Waals surface area contributed by atoms with Crippen LogP contribution in [0, 0.1) is 13.8 Å². The highest BCUT2D eigenvalue weighted by molar-refractivity contribution is 8.72. The summed E-state index contributed by atoms with van der Waals surface area (Å²) in [6, 6.07) is 13.6. The fourth-order valence-corrected chi connectivity index (χ4v) is 7.89. The van der Waals surface area contributed by atoms with E-state index in [1.165, 1.54) is 0 Å². The van der Waals surface area contributed by atoms with E-state index < -0.39 is 17.7 Å². The van der Waals surface area contributed by atoms with E-state index in [0.717, 1.165) is 32.7 Å². The Morgan fingerprint density at radius 1 is 0.615 bits per heavy atom. The molecule has 0 spiro atoms. The highest BCUT2D eigenvalue weighted by atomic mass is 33.1. The van der Waals surface area contributed by atoms with Gasteiger partial charge >= 0.3 is 0 Å². The Labute approximate surface area is 163 Å². The Bertz CT molecular complexity index is 837. The third-order valence-electron chi connectivity index (χ3n) is 3.63. The molecule has 0 N–H and O–H groups in total. The van der Waals surface area contributed by atoms with Gasteiger partial charge in [0, 0.05) is 11.5 Å². The summed E-state index contributed by atoms with van der Waals surface area (Å²) in [6.07, 6.45) is 1.29. The lowest BCUT2D eigenvalue weighted by Crippen LogP contribution is -1.99. The average Bonchev–Trinajstić information content (AvgIpc) is 2.58. The van der Waals surface area contributed by atoms with Crippen molar-refractivity contribution in [1.29, 1.82) is 0 Å². The SMILES string of the molecule is Cc1ccc(S(=O)(=O)SCCCCSS(=O)(=O)c2ccc(C)cc2)cc1. The molecule has 8 heteroatoms. The van der Waals surface area contributed by atoms with Gasteiger partial charge in [0.1, 0.15) is 0 Å². The van der Waals surface area contributed by atoms with Gasteiger partial charge in [0.05, 0.1) is 9.79 Å². The van der Waals surface area contributed by atoms with Crippen LogP contribution in [-0.4, -0.2) is 28.3 Å². The summed E-state index contributed by atoms with van der Waals surface area (Å²) in [5.41, 5.74) is 2.03. The molecular formula is C18H22O4S4. The fourth-order valence-electron chi connectivity index (χ4n) is 2.09. The van der Waals surface area contributed by atoms with Crippen molar-refractivity contribution in [2.45, 2.75) is 36.5 Å². The summed E-state index contributed by atoms with van der Waals surface area (Å²) in [4.78, 5) is 0.619. The van der Waals surface area contributed by atoms with E-state index in [0.29, 0.717) is 34.1 Å². The Hall–Kier alpha value is -0.960. The van der Waals surface area contributed by atoms with E-state index in [-0.39, 0.29) is 0 Å². The topological polar surface area (TPSA) is 68.3 Å². The number of hydrogen-bond donors (Lipinski definition) is 0. The van der Waals surface area contributed by atoms with Crippen LogP contribution in [-0.2, 0) is 17.7 Å². The first kappa shape index (κ1) is 21.3. The van der Waals surface area contributed by atoms with Crippen LogP contribution in [0.15, 0.2) is 58.3 Å². The summed E-state index contributed by atoms with van der Waals surface area (Å²) in [6.45, 7) is 3.82. The van der Waals surface area contributed by atoms with Crippen molar-refractivity contribution < 1.29 is 16.8 Å². The molecule has 0 saturated carbocycles. The molecule has 0 aliphatic heterocycles. The van der Waals surface area contributed by atoms with Gasteiger partial charge in [-0.2, -0.15) is 0 Å². The van der Waals surface area contributed by atoms with Crippen LogP contribution < -0.4 is 0 Å². The Balaban J connectivity index is 1.75. The molecule has 2 aromatic carbocycles. The van der Waals surface area contributed by atoms with Gasteiger partial charge in [-0.1, -0.05) is 35.4 Å². The normalized spacial score (nSPS) is 12.2. The van der Waals surface area contributed by atoms with Crippen molar-refractivity contribution in [2.75, 3.05) is 11.5 Å². The number of aryl methyl sites for hydroxylation is 2. The standard InChI is InChI=1S/C18H22O4S4/c1-15-5-9-17(10-6-15)25(19,20)23-13-3-4-14-24-26(21,22)18-11-7-16(2)8-12-18/h5-12H,3-4,13-14H2,1-2H3. The van der Waals surface area contributed by atoms with Gasteiger partial charge < -0.3 is 0 Å². The molecule has 0 atom stereocenters. The highest BCUT2D eigenvalue weighted by Crippen LogP contribution is 2.27. The quantitative estimate of drug-likeness (QED) is 0.427. The van der Waals surface area contributed by atoms with Gasteiger partial charge in [-0.25, -0.2) is 16.8 Å². The number of hydrogen-bond acceptors (Lipinski definition) is 6. The molecule has 0 unspecified atom stereocenters. The first-order valence-corrected chi connectivity index (χ1v) is 14.1. The van der Waals surface area contributed by atoms with Gasteiger partial charge in [-0.15, -0.1) is 0 Å². The van der Waals surface area contributed by atoms with Crippen LogP contribution in [0.25, 0.3) is 0 Å². The third-order valence-corrected chi connectivity index (χ3v) is 10.9. The van der Waals surface area contributed by atoms with Gasteiger partial charge in [-0.05, 0) is 72.5 Å². The van der Waals surface area contributed by atoms with Crippen molar-refractivity contribution >= 4 is 39.3 Å². The second kappa shape index (κ2) is 9.30. The predicted octanol–water partition coefficient (Wildman–Crippen LogP) is 4.63. The first-order valence-electron chi connectivity index (χ1n) is 8.13. The van der Waals surface area contributed by atoms with E-state index in [1.807, 2.05) is 13.8 Å². The van der Waals surface area contributed by atoms with Gasteiger partial charge in [0.15, 0.2) is 0 Å². The summed E-state index contributed by atoms with van der Waals surface area (Å²) in [5, 5.41) is 0. The molecule has 2 rings (SSSR count). The lowest BCUT2D eigenvalue weighted by molar-refractivity contribution is 0.608. The number of benzene rings is 2. The molecule has 0 saturated heterocycles. The molecule has 142 valence electrons. The van der Waals surface area contributed by atoms with E-state index in [2.05, 4.69) is 0 Å². The molecular weight excluding hydrogens is 408 g/mol. The van der Waals surface area contributed by atoms with Crippen LogP contribution in [0.1, 0.15) is 24.0 Å². The van der Waals surface area contributed by atoms with Crippen LogP contribution in [0.3, 0.4) is 0 Å². The van der Waals surface area contributed by atoms with Gasteiger partial charge in [0.2, 0.25) is 17.7 Å². The maximum Gasteiger partial charge on any atom is 0.229 e. The molecule has 0 aliphatic carbocycles. The number of rotatable bonds is 9. The molecule has 0 aromatic heterocycles. The van der Waals surface area contributed by atoms with E-state index in [9.17, 15) is 16.8 Å². The lowest BCUT2D eigenvalue weighted by Gasteiger charge is -2.06. The van der Waals surface area contributed by atoms with Crippen LogP contribution >= 0.6 is 21.6 Å². The minimum atomic E-state index is -3.35. The van der Waals surface area contributed by atoms with Crippen molar-refractivity contribution in [3.63, 3.8) is 0 Å². The molecule has 2 aromatic rings. The molecule has 0 radical (unpaired) electrons. The first-order chi connectivity index (χ1) is 12.2. The maximum atomic E-state index is 12.2. The van der Waals surface area contributed by atoms with Crippen LogP contribution in [0.5, 0.6) is 0 Å². The zero-order valence-electron chi connectivity index (χ0n) is 14.7. The molecule has 0 amide bonds. The minimum Gasteiger partial charge on any atom is -0.212 e. The maximum absolute atomic E-state index is 12.2. The molecule has 26 heavy (non-hydrogen) atoms. The monoisotopic (exact) mass is 430 g/mol. The van der Waals surface area contributed by atoms with Crippen LogP contribution in [0.4, 0.5) is 0 Å². The lowest BCUT2D eigenvalue weighted by atomic mass is 10.2. The second-order valence-electron chi connectivity index (χ2n) is 5.89. The van der Waals surface area contributed by atoms with Gasteiger partial charge in [-0.3, -0.25) is 0 Å². The zero-order valence-corrected chi connectivity index (χ0v) is 18.0. The Morgan fingerprint density at radius 3 is 1.23 bits per heavy atom. The summed E-state index contributed by atoms with van der Waals surface area (Å²) < 4.78 is 48.8. The third kappa shape index (κ3) is 6.33. The smallest absolute Gasteiger partial charge is 0.212 e. The summed E-state index contributed by atoms with van der Waals surface area (Å²) in [7, 11) is -4.88. The molecule has 0 heterocycles. The second-order valence-corrected chi connectivity index (χ2v) is 14.0.